The number of benzene rings is 1. The van der Waals surface area contributed by atoms with Crippen molar-refractivity contribution >= 4 is 0 Å². The Bertz CT molecular complexity index is 467. The van der Waals surface area contributed by atoms with Gasteiger partial charge in [0.2, 0.25) is 0 Å². The number of nitrogens with two attached hydrogens (primary N) is 1. The SMILES string of the molecule is COc1cc(F)cc(C2(C(C)N)CC2)c1OC(C)C. The number of ether oxygens (including phenoxy) is 2. The van der Waals surface area contributed by atoms with Crippen molar-refractivity contribution in [1.29, 1.82) is 0 Å². The van der Waals surface area contributed by atoms with E-state index >= 15 is 0 Å². The zero-order chi connectivity index (χ0) is 14.2. The van der Waals surface area contributed by atoms with Crippen LogP contribution in [-0.4, -0.2) is 19.3 Å². The van der Waals surface area contributed by atoms with Crippen molar-refractivity contribution in [3.05, 3.63) is 23.5 Å². The van der Waals surface area contributed by atoms with Gasteiger partial charge in [0.1, 0.15) is 5.82 Å². The lowest BCUT2D eigenvalue weighted by Gasteiger charge is -2.25. The summed E-state index contributed by atoms with van der Waals surface area (Å²) in [5, 5.41) is 0. The molecule has 1 aliphatic carbocycles. The van der Waals surface area contributed by atoms with E-state index < -0.39 is 0 Å². The molecule has 1 fully saturated rings. The number of hydrogen-bond donors (Lipinski definition) is 1. The Morgan fingerprint density at radius 1 is 1.26 bits per heavy atom. The molecular formula is C15H22FNO2. The van der Waals surface area contributed by atoms with Gasteiger partial charge >= 0.3 is 0 Å². The van der Waals surface area contributed by atoms with Crippen LogP contribution in [0, 0.1) is 5.82 Å². The van der Waals surface area contributed by atoms with Crippen LogP contribution >= 0.6 is 0 Å². The number of rotatable bonds is 5. The molecule has 1 saturated carbocycles. The molecule has 1 aromatic carbocycles. The van der Waals surface area contributed by atoms with Crippen LogP contribution in [-0.2, 0) is 5.41 Å². The second-order valence-corrected chi connectivity index (χ2v) is 5.60. The fraction of sp³-hybridized carbons (Fsp3) is 0.600. The summed E-state index contributed by atoms with van der Waals surface area (Å²) >= 11 is 0. The number of methoxy groups -OCH3 is 1. The van der Waals surface area contributed by atoms with Crippen LogP contribution in [0.1, 0.15) is 39.2 Å². The second kappa shape index (κ2) is 5.00. The van der Waals surface area contributed by atoms with Crippen LogP contribution in [0.4, 0.5) is 4.39 Å². The molecule has 106 valence electrons. The molecular weight excluding hydrogens is 245 g/mol. The molecule has 4 heteroatoms. The van der Waals surface area contributed by atoms with Crippen LogP contribution < -0.4 is 15.2 Å². The van der Waals surface area contributed by atoms with Crippen LogP contribution in [0.5, 0.6) is 11.5 Å². The molecule has 0 radical (unpaired) electrons. The minimum absolute atomic E-state index is 0.00184. The van der Waals surface area contributed by atoms with E-state index in [4.69, 9.17) is 15.2 Å². The van der Waals surface area contributed by atoms with Crippen LogP contribution in [0.3, 0.4) is 0 Å². The predicted molar refractivity (Wildman–Crippen MR) is 73.3 cm³/mol. The highest BCUT2D eigenvalue weighted by Crippen LogP contribution is 2.55. The highest BCUT2D eigenvalue weighted by atomic mass is 19.1. The third-order valence-corrected chi connectivity index (χ3v) is 3.79. The molecule has 19 heavy (non-hydrogen) atoms. The zero-order valence-electron chi connectivity index (χ0n) is 12.0. The molecule has 3 nitrogen and oxygen atoms in total. The second-order valence-electron chi connectivity index (χ2n) is 5.60. The van der Waals surface area contributed by atoms with Crippen molar-refractivity contribution in [2.24, 2.45) is 5.73 Å². The van der Waals surface area contributed by atoms with E-state index in [1.165, 1.54) is 19.2 Å². The van der Waals surface area contributed by atoms with Crippen molar-refractivity contribution in [3.63, 3.8) is 0 Å². The lowest BCUT2D eigenvalue weighted by atomic mass is 9.88. The molecule has 1 aromatic rings. The maximum Gasteiger partial charge on any atom is 0.165 e. The first-order chi connectivity index (χ1) is 8.90. The van der Waals surface area contributed by atoms with Crippen molar-refractivity contribution in [1.82, 2.24) is 0 Å². The highest BCUT2D eigenvalue weighted by molar-refractivity contribution is 5.53. The predicted octanol–water partition coefficient (Wildman–Crippen LogP) is 3.00. The standard InChI is InChI=1S/C15H22FNO2/c1-9(2)19-14-12(15(5-6-15)10(3)17)7-11(16)8-13(14)18-4/h7-10H,5-6,17H2,1-4H3. The summed E-state index contributed by atoms with van der Waals surface area (Å²) in [6.45, 7) is 5.85. The lowest BCUT2D eigenvalue weighted by Crippen LogP contribution is -2.32. The Hall–Kier alpha value is -1.29. The summed E-state index contributed by atoms with van der Waals surface area (Å²) in [5.41, 5.74) is 6.76. The van der Waals surface area contributed by atoms with E-state index in [-0.39, 0.29) is 23.4 Å². The summed E-state index contributed by atoms with van der Waals surface area (Å²) < 4.78 is 24.9. The van der Waals surface area contributed by atoms with E-state index in [0.717, 1.165) is 18.4 Å². The summed E-state index contributed by atoms with van der Waals surface area (Å²) in [7, 11) is 1.52. The molecule has 0 bridgehead atoms. The number of halogens is 1. The van der Waals surface area contributed by atoms with E-state index in [9.17, 15) is 4.39 Å². The summed E-state index contributed by atoms with van der Waals surface area (Å²) in [6, 6.07) is 2.86. The van der Waals surface area contributed by atoms with Gasteiger partial charge < -0.3 is 15.2 Å². The van der Waals surface area contributed by atoms with Crippen molar-refractivity contribution in [3.8, 4) is 11.5 Å². The third-order valence-electron chi connectivity index (χ3n) is 3.79. The first-order valence-electron chi connectivity index (χ1n) is 6.71. The van der Waals surface area contributed by atoms with Gasteiger partial charge in [0.25, 0.3) is 0 Å². The normalized spacial score (nSPS) is 18.3. The Balaban J connectivity index is 2.54. The average molecular weight is 267 g/mol. The Kier molecular flexibility index (Phi) is 3.72. The molecule has 1 aliphatic rings. The monoisotopic (exact) mass is 267 g/mol. The van der Waals surface area contributed by atoms with E-state index in [0.29, 0.717) is 11.5 Å². The summed E-state index contributed by atoms with van der Waals surface area (Å²) in [6.07, 6.45) is 1.93. The van der Waals surface area contributed by atoms with Crippen LogP contribution in [0.2, 0.25) is 0 Å². The molecule has 0 aliphatic heterocycles. The maximum atomic E-state index is 13.8. The molecule has 0 amide bonds. The van der Waals surface area contributed by atoms with Gasteiger partial charge in [-0.2, -0.15) is 0 Å². The molecule has 2 N–H and O–H groups in total. The number of hydrogen-bond acceptors (Lipinski definition) is 3. The molecule has 0 spiro atoms. The fourth-order valence-corrected chi connectivity index (χ4v) is 2.55. The smallest absolute Gasteiger partial charge is 0.165 e. The average Bonchev–Trinajstić information content (AvgIpc) is 3.11. The van der Waals surface area contributed by atoms with E-state index in [2.05, 4.69) is 0 Å². The minimum Gasteiger partial charge on any atom is -0.493 e. The summed E-state index contributed by atoms with van der Waals surface area (Å²) in [5.74, 6) is 0.763. The highest BCUT2D eigenvalue weighted by Gasteiger charge is 2.50. The molecule has 0 aromatic heterocycles. The van der Waals surface area contributed by atoms with Gasteiger partial charge in [0, 0.05) is 23.1 Å². The van der Waals surface area contributed by atoms with Gasteiger partial charge in [0.15, 0.2) is 11.5 Å². The van der Waals surface area contributed by atoms with E-state index in [1.54, 1.807) is 0 Å². The quantitative estimate of drug-likeness (QED) is 0.892. The Labute approximate surface area is 113 Å². The topological polar surface area (TPSA) is 44.5 Å². The first-order valence-corrected chi connectivity index (χ1v) is 6.71. The van der Waals surface area contributed by atoms with Crippen LogP contribution in [0.25, 0.3) is 0 Å². The zero-order valence-corrected chi connectivity index (χ0v) is 12.0. The van der Waals surface area contributed by atoms with Gasteiger partial charge in [-0.25, -0.2) is 4.39 Å². The molecule has 1 unspecified atom stereocenters. The molecule has 0 saturated heterocycles. The third kappa shape index (κ3) is 2.54. The Morgan fingerprint density at radius 2 is 1.89 bits per heavy atom. The van der Waals surface area contributed by atoms with Crippen molar-refractivity contribution in [2.45, 2.75) is 51.2 Å². The summed E-state index contributed by atoms with van der Waals surface area (Å²) in [4.78, 5) is 0. The largest absolute Gasteiger partial charge is 0.493 e. The maximum absolute atomic E-state index is 13.8. The molecule has 2 rings (SSSR count). The molecule has 0 heterocycles. The van der Waals surface area contributed by atoms with Crippen molar-refractivity contribution < 1.29 is 13.9 Å². The van der Waals surface area contributed by atoms with Gasteiger partial charge in [0.05, 0.1) is 13.2 Å². The first kappa shape index (κ1) is 14.1. The van der Waals surface area contributed by atoms with Crippen molar-refractivity contribution in [2.75, 3.05) is 7.11 Å². The van der Waals surface area contributed by atoms with Gasteiger partial charge in [-0.05, 0) is 39.7 Å². The fourth-order valence-electron chi connectivity index (χ4n) is 2.55. The molecule has 1 atom stereocenters. The van der Waals surface area contributed by atoms with Gasteiger partial charge in [-0.1, -0.05) is 0 Å². The lowest BCUT2D eigenvalue weighted by molar-refractivity contribution is 0.224. The van der Waals surface area contributed by atoms with Gasteiger partial charge in [-0.3, -0.25) is 0 Å². The minimum atomic E-state index is -0.310. The Morgan fingerprint density at radius 3 is 2.32 bits per heavy atom. The van der Waals surface area contributed by atoms with Gasteiger partial charge in [-0.15, -0.1) is 0 Å². The van der Waals surface area contributed by atoms with E-state index in [1.807, 2.05) is 20.8 Å². The van der Waals surface area contributed by atoms with Crippen LogP contribution in [0.15, 0.2) is 12.1 Å².